The van der Waals surface area contributed by atoms with Crippen LogP contribution in [0.1, 0.15) is 0 Å². The van der Waals surface area contributed by atoms with E-state index < -0.39 is 60.1 Å². The summed E-state index contributed by atoms with van der Waals surface area (Å²) in [5.74, 6) is -10.0. The monoisotopic (exact) mass is 431 g/mol. The Bertz CT molecular complexity index is 783. The second-order valence-corrected chi connectivity index (χ2v) is 5.10. The molecule has 2 aromatic rings. The molecule has 10 heteroatoms. The first kappa shape index (κ1) is 16.4. The number of benzene rings is 2. The maximum absolute atomic E-state index is 13.9. The number of nitrogens with zero attached hydrogens (tertiary/aromatic N) is 1. The van der Waals surface area contributed by atoms with Gasteiger partial charge in [-0.2, -0.15) is 0 Å². The highest BCUT2D eigenvalue weighted by Crippen LogP contribution is 2.38. The van der Waals surface area contributed by atoms with Crippen molar-refractivity contribution in [2.24, 2.45) is 0 Å². The van der Waals surface area contributed by atoms with E-state index in [4.69, 9.17) is 0 Å². The minimum atomic E-state index is -2.05. The summed E-state index contributed by atoms with van der Waals surface area (Å²) in [5, 5.41) is 19.9. The Kier molecular flexibility index (Phi) is 4.22. The zero-order chi connectivity index (χ0) is 16.8. The van der Waals surface area contributed by atoms with E-state index in [2.05, 4.69) is 0 Å². The van der Waals surface area contributed by atoms with Crippen LogP contribution in [0.4, 0.5) is 27.6 Å². The van der Waals surface area contributed by atoms with E-state index in [1.165, 1.54) is 0 Å². The Morgan fingerprint density at radius 1 is 1.00 bits per heavy atom. The molecule has 0 bridgehead atoms. The van der Waals surface area contributed by atoms with E-state index in [1.807, 2.05) is 0 Å². The molecule has 116 valence electrons. The summed E-state index contributed by atoms with van der Waals surface area (Å²) in [6, 6.07) is 0.583. The molecule has 0 saturated heterocycles. The van der Waals surface area contributed by atoms with Crippen LogP contribution in [-0.4, -0.2) is 10.0 Å². The smallest absolute Gasteiger partial charge is 0.311 e. The lowest BCUT2D eigenvalue weighted by atomic mass is 10.0. The molecule has 0 spiro atoms. The summed E-state index contributed by atoms with van der Waals surface area (Å²) < 4.78 is 67.1. The summed E-state index contributed by atoms with van der Waals surface area (Å²) in [6.45, 7) is 0. The molecule has 0 aromatic heterocycles. The van der Waals surface area contributed by atoms with Gasteiger partial charge in [-0.3, -0.25) is 10.1 Å². The molecule has 0 aliphatic carbocycles. The zero-order valence-corrected chi connectivity index (χ0v) is 12.3. The molecule has 4 nitrogen and oxygen atoms in total. The topological polar surface area (TPSA) is 63.4 Å². The number of nitro benzene ring substituents is 1. The fourth-order valence-corrected chi connectivity index (χ4v) is 2.24. The third kappa shape index (κ3) is 2.46. The summed E-state index contributed by atoms with van der Waals surface area (Å²) in [5.41, 5.74) is -3.37. The Hall–Kier alpha value is -1.98. The molecule has 22 heavy (non-hydrogen) atoms. The Balaban J connectivity index is 2.89. The van der Waals surface area contributed by atoms with Gasteiger partial charge in [-0.25, -0.2) is 22.0 Å². The number of rotatable bonds is 2. The molecule has 2 rings (SSSR count). The molecule has 0 aliphatic heterocycles. The summed E-state index contributed by atoms with van der Waals surface area (Å²) in [7, 11) is 0. The average molecular weight is 431 g/mol. The lowest BCUT2D eigenvalue weighted by molar-refractivity contribution is -0.385. The Morgan fingerprint density at radius 2 is 1.59 bits per heavy atom. The molecular weight excluding hydrogens is 428 g/mol. The van der Waals surface area contributed by atoms with Crippen LogP contribution in [0.15, 0.2) is 12.1 Å². The second-order valence-electron chi connectivity index (χ2n) is 4.02. The number of halogens is 6. The van der Waals surface area contributed by atoms with Crippen LogP contribution in [0, 0.1) is 42.8 Å². The fourth-order valence-electron chi connectivity index (χ4n) is 1.73. The van der Waals surface area contributed by atoms with E-state index in [0.29, 0.717) is 6.07 Å². The first-order valence-electron chi connectivity index (χ1n) is 5.35. The highest BCUT2D eigenvalue weighted by molar-refractivity contribution is 14.1. The normalized spacial score (nSPS) is 10.8. The number of hydrogen-bond acceptors (Lipinski definition) is 3. The van der Waals surface area contributed by atoms with Gasteiger partial charge in [-0.15, -0.1) is 0 Å². The number of phenols is 1. The van der Waals surface area contributed by atoms with Gasteiger partial charge in [0.2, 0.25) is 0 Å². The standard InChI is InChI=1S/C12H3F5INO3/c13-4-2-6(20)5(19(21)22)1-3(4)7-8(14)10(16)11(17)12(18)9(7)15/h1-2,20H. The van der Waals surface area contributed by atoms with Crippen molar-refractivity contribution in [1.29, 1.82) is 0 Å². The molecule has 0 saturated carbocycles. The van der Waals surface area contributed by atoms with Crippen molar-refractivity contribution in [2.75, 3.05) is 0 Å². The minimum Gasteiger partial charge on any atom is -0.502 e. The van der Waals surface area contributed by atoms with Crippen LogP contribution >= 0.6 is 22.6 Å². The van der Waals surface area contributed by atoms with Crippen molar-refractivity contribution >= 4 is 28.3 Å². The Labute approximate surface area is 132 Å². The van der Waals surface area contributed by atoms with Gasteiger partial charge in [-0.1, -0.05) is 0 Å². The van der Waals surface area contributed by atoms with Crippen LogP contribution in [0.2, 0.25) is 0 Å². The fraction of sp³-hybridized carbons (Fsp3) is 0. The highest BCUT2D eigenvalue weighted by Gasteiger charge is 2.29. The van der Waals surface area contributed by atoms with Gasteiger partial charge >= 0.3 is 5.69 Å². The van der Waals surface area contributed by atoms with Gasteiger partial charge in [0.25, 0.3) is 0 Å². The number of phenolic OH excluding ortho intramolecular Hbond substituents is 1. The van der Waals surface area contributed by atoms with E-state index in [9.17, 15) is 37.2 Å². The maximum Gasteiger partial charge on any atom is 0.311 e. The average Bonchev–Trinajstić information content (AvgIpc) is 2.45. The van der Waals surface area contributed by atoms with Gasteiger partial charge < -0.3 is 5.11 Å². The minimum absolute atomic E-state index is 0.250. The van der Waals surface area contributed by atoms with Gasteiger partial charge in [-0.05, 0) is 22.6 Å². The van der Waals surface area contributed by atoms with E-state index in [1.54, 1.807) is 0 Å². The highest BCUT2D eigenvalue weighted by atomic mass is 127. The van der Waals surface area contributed by atoms with Gasteiger partial charge in [0.05, 0.1) is 14.1 Å². The largest absolute Gasteiger partial charge is 0.502 e. The lowest BCUT2D eigenvalue weighted by Gasteiger charge is -2.10. The lowest BCUT2D eigenvalue weighted by Crippen LogP contribution is -2.04. The number of aromatic hydroxyl groups is 1. The van der Waals surface area contributed by atoms with Crippen molar-refractivity contribution in [3.05, 3.63) is 54.9 Å². The van der Waals surface area contributed by atoms with Gasteiger partial charge in [0, 0.05) is 17.7 Å². The van der Waals surface area contributed by atoms with Crippen molar-refractivity contribution < 1.29 is 32.0 Å². The first-order valence-corrected chi connectivity index (χ1v) is 6.43. The summed E-state index contributed by atoms with van der Waals surface area (Å²) in [4.78, 5) is 9.55. The van der Waals surface area contributed by atoms with Crippen LogP contribution in [0.5, 0.6) is 5.75 Å². The molecule has 0 heterocycles. The van der Waals surface area contributed by atoms with Crippen LogP contribution in [0.25, 0.3) is 11.1 Å². The summed E-state index contributed by atoms with van der Waals surface area (Å²) in [6.07, 6.45) is 0. The second kappa shape index (κ2) is 5.66. The number of hydrogen-bond donors (Lipinski definition) is 1. The van der Waals surface area contributed by atoms with Crippen molar-refractivity contribution in [3.8, 4) is 16.9 Å². The molecule has 0 aliphatic rings. The van der Waals surface area contributed by atoms with Gasteiger partial charge in [0.1, 0.15) is 5.82 Å². The van der Waals surface area contributed by atoms with Crippen molar-refractivity contribution in [3.63, 3.8) is 0 Å². The first-order chi connectivity index (χ1) is 10.2. The predicted octanol–water partition coefficient (Wildman–Crippen LogP) is 4.27. The third-order valence-electron chi connectivity index (χ3n) is 2.74. The molecule has 0 amide bonds. The van der Waals surface area contributed by atoms with E-state index in [-0.39, 0.29) is 6.07 Å². The molecule has 0 fully saturated rings. The van der Waals surface area contributed by atoms with E-state index >= 15 is 0 Å². The predicted molar refractivity (Wildman–Crippen MR) is 72.7 cm³/mol. The molecular formula is C12H3F5INO3. The maximum atomic E-state index is 13.9. The molecule has 2 aromatic carbocycles. The quantitative estimate of drug-likeness (QED) is 0.193. The third-order valence-corrected chi connectivity index (χ3v) is 3.69. The molecule has 0 unspecified atom stereocenters. The van der Waals surface area contributed by atoms with E-state index in [0.717, 1.165) is 22.6 Å². The molecule has 0 radical (unpaired) electrons. The van der Waals surface area contributed by atoms with Gasteiger partial charge in [0.15, 0.2) is 29.0 Å². The van der Waals surface area contributed by atoms with Crippen LogP contribution in [0.3, 0.4) is 0 Å². The molecule has 0 atom stereocenters. The van der Waals surface area contributed by atoms with Crippen molar-refractivity contribution in [1.82, 2.24) is 0 Å². The SMILES string of the molecule is O=[N+]([O-])c1cc(-c2c(F)c(F)c(F)c(I)c2F)c(F)cc1O. The van der Waals surface area contributed by atoms with Crippen LogP contribution < -0.4 is 0 Å². The summed E-state index contributed by atoms with van der Waals surface area (Å²) >= 11 is 1.04. The zero-order valence-electron chi connectivity index (χ0n) is 10.1. The van der Waals surface area contributed by atoms with Crippen molar-refractivity contribution in [2.45, 2.75) is 0 Å². The van der Waals surface area contributed by atoms with Crippen LogP contribution in [-0.2, 0) is 0 Å². The number of nitro groups is 1. The Morgan fingerprint density at radius 3 is 2.14 bits per heavy atom. The molecule has 1 N–H and O–H groups in total.